The molecule has 136 valence electrons. The van der Waals surface area contributed by atoms with Gasteiger partial charge in [0, 0.05) is 31.8 Å². The molecular formula is C20H25N5O. The van der Waals surface area contributed by atoms with E-state index in [-0.39, 0.29) is 11.9 Å². The molecule has 0 saturated carbocycles. The fourth-order valence-electron chi connectivity index (χ4n) is 3.80. The summed E-state index contributed by atoms with van der Waals surface area (Å²) >= 11 is 0. The molecule has 6 heteroatoms. The number of rotatable bonds is 3. The highest BCUT2D eigenvalue weighted by molar-refractivity contribution is 5.82. The van der Waals surface area contributed by atoms with Gasteiger partial charge in [-0.3, -0.25) is 4.79 Å². The molecule has 1 aromatic heterocycles. The number of benzene rings is 1. The summed E-state index contributed by atoms with van der Waals surface area (Å²) in [5, 5.41) is 3.31. The number of nitrogens with zero attached hydrogens (tertiary/aromatic N) is 4. The van der Waals surface area contributed by atoms with Gasteiger partial charge in [0.25, 0.3) is 0 Å². The molecule has 1 N–H and O–H groups in total. The van der Waals surface area contributed by atoms with E-state index < -0.39 is 0 Å². The van der Waals surface area contributed by atoms with Crippen LogP contribution in [0.25, 0.3) is 11.4 Å². The molecule has 2 aromatic rings. The molecule has 3 heterocycles. The Kier molecular flexibility index (Phi) is 4.59. The maximum Gasteiger partial charge on any atom is 0.240 e. The lowest BCUT2D eigenvalue weighted by Gasteiger charge is -2.32. The Balaban J connectivity index is 1.68. The molecule has 1 saturated heterocycles. The van der Waals surface area contributed by atoms with E-state index in [0.717, 1.165) is 60.8 Å². The maximum atomic E-state index is 12.8. The van der Waals surface area contributed by atoms with Crippen molar-refractivity contribution in [1.29, 1.82) is 0 Å². The van der Waals surface area contributed by atoms with Gasteiger partial charge >= 0.3 is 0 Å². The van der Waals surface area contributed by atoms with Crippen LogP contribution in [-0.2, 0) is 17.8 Å². The first-order valence-corrected chi connectivity index (χ1v) is 9.28. The molecule has 1 fully saturated rings. The minimum atomic E-state index is -0.0275. The van der Waals surface area contributed by atoms with Gasteiger partial charge in [0.05, 0.1) is 18.3 Å². The summed E-state index contributed by atoms with van der Waals surface area (Å²) in [6.45, 7) is 2.24. The molecular weight excluding hydrogens is 326 g/mol. The summed E-state index contributed by atoms with van der Waals surface area (Å²) in [7, 11) is 4.02. The number of amides is 1. The van der Waals surface area contributed by atoms with Gasteiger partial charge in [-0.25, -0.2) is 9.97 Å². The predicted octanol–water partition coefficient (Wildman–Crippen LogP) is 1.85. The lowest BCUT2D eigenvalue weighted by atomic mass is 10.0. The minimum Gasteiger partial charge on any atom is -0.362 e. The van der Waals surface area contributed by atoms with Crippen molar-refractivity contribution in [1.82, 2.24) is 20.2 Å². The van der Waals surface area contributed by atoms with Crippen molar-refractivity contribution >= 4 is 11.7 Å². The molecule has 2 aliphatic rings. The molecule has 1 aromatic carbocycles. The van der Waals surface area contributed by atoms with Gasteiger partial charge in [-0.2, -0.15) is 0 Å². The zero-order chi connectivity index (χ0) is 18.1. The topological polar surface area (TPSA) is 61.4 Å². The Hall–Kier alpha value is -2.47. The fraction of sp³-hybridized carbons (Fsp3) is 0.450. The second kappa shape index (κ2) is 7.03. The summed E-state index contributed by atoms with van der Waals surface area (Å²) in [6.07, 6.45) is 2.81. The van der Waals surface area contributed by atoms with E-state index in [0.29, 0.717) is 6.54 Å². The number of nitrogens with one attached hydrogen (secondary N) is 1. The second-order valence-corrected chi connectivity index (χ2v) is 7.22. The number of anilines is 1. The van der Waals surface area contributed by atoms with Crippen LogP contribution in [0.1, 0.15) is 24.1 Å². The predicted molar refractivity (Wildman–Crippen MR) is 102 cm³/mol. The Morgan fingerprint density at radius 3 is 2.73 bits per heavy atom. The van der Waals surface area contributed by atoms with Crippen molar-refractivity contribution in [2.75, 3.05) is 32.1 Å². The van der Waals surface area contributed by atoms with E-state index in [1.807, 2.05) is 54.2 Å². The SMILES string of the molecule is CN(C)c1nc(-c2ccccc2)nc2c1CCN(C(=O)C1CCCN1)C2. The van der Waals surface area contributed by atoms with Crippen molar-refractivity contribution in [3.8, 4) is 11.4 Å². The first kappa shape index (κ1) is 17.0. The summed E-state index contributed by atoms with van der Waals surface area (Å²) in [5.41, 5.74) is 3.14. The molecule has 2 aliphatic heterocycles. The average molecular weight is 351 g/mol. The molecule has 0 radical (unpaired) electrons. The van der Waals surface area contributed by atoms with E-state index in [2.05, 4.69) is 5.32 Å². The summed E-state index contributed by atoms with van der Waals surface area (Å²) < 4.78 is 0. The molecule has 1 amide bonds. The van der Waals surface area contributed by atoms with E-state index in [1.54, 1.807) is 0 Å². The zero-order valence-corrected chi connectivity index (χ0v) is 15.4. The monoisotopic (exact) mass is 351 g/mol. The summed E-state index contributed by atoms with van der Waals surface area (Å²) in [6, 6.07) is 10.00. The van der Waals surface area contributed by atoms with Gasteiger partial charge in [0.2, 0.25) is 5.91 Å². The largest absolute Gasteiger partial charge is 0.362 e. The van der Waals surface area contributed by atoms with Crippen LogP contribution in [0, 0.1) is 0 Å². The van der Waals surface area contributed by atoms with Gasteiger partial charge in [-0.15, -0.1) is 0 Å². The zero-order valence-electron chi connectivity index (χ0n) is 15.4. The Bertz CT molecular complexity index is 799. The highest BCUT2D eigenvalue weighted by Crippen LogP contribution is 2.29. The van der Waals surface area contributed by atoms with E-state index in [1.165, 1.54) is 0 Å². The van der Waals surface area contributed by atoms with Crippen LogP contribution in [0.3, 0.4) is 0 Å². The molecule has 6 nitrogen and oxygen atoms in total. The van der Waals surface area contributed by atoms with Crippen molar-refractivity contribution in [2.45, 2.75) is 31.8 Å². The van der Waals surface area contributed by atoms with Crippen LogP contribution < -0.4 is 10.2 Å². The highest BCUT2D eigenvalue weighted by Gasteiger charge is 2.31. The third-order valence-corrected chi connectivity index (χ3v) is 5.17. The van der Waals surface area contributed by atoms with Crippen molar-refractivity contribution in [2.24, 2.45) is 0 Å². The van der Waals surface area contributed by atoms with Gasteiger partial charge in [-0.1, -0.05) is 30.3 Å². The number of carbonyl (C=O) groups is 1. The van der Waals surface area contributed by atoms with Crippen molar-refractivity contribution < 1.29 is 4.79 Å². The Morgan fingerprint density at radius 2 is 2.04 bits per heavy atom. The van der Waals surface area contributed by atoms with Gasteiger partial charge in [0.15, 0.2) is 5.82 Å². The van der Waals surface area contributed by atoms with Crippen molar-refractivity contribution in [3.63, 3.8) is 0 Å². The minimum absolute atomic E-state index is 0.0275. The van der Waals surface area contributed by atoms with Crippen LogP contribution in [0.5, 0.6) is 0 Å². The van der Waals surface area contributed by atoms with Crippen LogP contribution in [0.2, 0.25) is 0 Å². The van der Waals surface area contributed by atoms with E-state index in [4.69, 9.17) is 9.97 Å². The van der Waals surface area contributed by atoms with Crippen LogP contribution in [0.4, 0.5) is 5.82 Å². The lowest BCUT2D eigenvalue weighted by molar-refractivity contribution is -0.134. The molecule has 26 heavy (non-hydrogen) atoms. The fourth-order valence-corrected chi connectivity index (χ4v) is 3.80. The summed E-state index contributed by atoms with van der Waals surface area (Å²) in [4.78, 5) is 26.4. The average Bonchev–Trinajstić information content (AvgIpc) is 3.21. The van der Waals surface area contributed by atoms with Crippen LogP contribution >= 0.6 is 0 Å². The standard InChI is InChI=1S/C20H25N5O/c1-24(2)19-15-10-12-25(20(26)16-9-6-11-21-16)13-17(15)22-18(23-19)14-7-4-3-5-8-14/h3-5,7-8,16,21H,6,9-13H2,1-2H3. The number of hydrogen-bond acceptors (Lipinski definition) is 5. The summed E-state index contributed by atoms with van der Waals surface area (Å²) in [5.74, 6) is 1.89. The lowest BCUT2D eigenvalue weighted by Crippen LogP contribution is -2.46. The number of fused-ring (bicyclic) bond motifs is 1. The molecule has 1 unspecified atom stereocenters. The molecule has 0 aliphatic carbocycles. The van der Waals surface area contributed by atoms with Gasteiger partial charge in [0.1, 0.15) is 5.82 Å². The first-order chi connectivity index (χ1) is 12.6. The van der Waals surface area contributed by atoms with Gasteiger partial charge in [-0.05, 0) is 25.8 Å². The molecule has 1 atom stereocenters. The maximum absolute atomic E-state index is 12.8. The smallest absolute Gasteiger partial charge is 0.240 e. The Morgan fingerprint density at radius 1 is 1.23 bits per heavy atom. The van der Waals surface area contributed by atoms with Gasteiger partial charge < -0.3 is 15.1 Å². The molecule has 0 bridgehead atoms. The van der Waals surface area contributed by atoms with E-state index in [9.17, 15) is 4.79 Å². The van der Waals surface area contributed by atoms with Crippen LogP contribution in [0.15, 0.2) is 30.3 Å². The molecule has 4 rings (SSSR count). The number of hydrogen-bond donors (Lipinski definition) is 1. The Labute approximate surface area is 154 Å². The quantitative estimate of drug-likeness (QED) is 0.914. The second-order valence-electron chi connectivity index (χ2n) is 7.22. The normalized spacial score (nSPS) is 19.3. The van der Waals surface area contributed by atoms with Crippen LogP contribution in [-0.4, -0.2) is 54.0 Å². The number of aromatic nitrogens is 2. The third kappa shape index (κ3) is 3.17. The number of carbonyl (C=O) groups excluding carboxylic acids is 1. The highest BCUT2D eigenvalue weighted by atomic mass is 16.2. The third-order valence-electron chi connectivity index (χ3n) is 5.17. The molecule has 0 spiro atoms. The van der Waals surface area contributed by atoms with E-state index >= 15 is 0 Å². The first-order valence-electron chi connectivity index (χ1n) is 9.28. The van der Waals surface area contributed by atoms with Crippen molar-refractivity contribution in [3.05, 3.63) is 41.6 Å².